The van der Waals surface area contributed by atoms with Gasteiger partial charge in [0.15, 0.2) is 0 Å². The van der Waals surface area contributed by atoms with Crippen LogP contribution < -0.4 is 0 Å². The molecule has 1 aliphatic heterocycles. The summed E-state index contributed by atoms with van der Waals surface area (Å²) in [7, 11) is 0. The number of cyclic esters (lactones) is 1. The van der Waals surface area contributed by atoms with E-state index in [1.165, 1.54) is 6.92 Å². The summed E-state index contributed by atoms with van der Waals surface area (Å²) in [6.45, 7) is 3.82. The van der Waals surface area contributed by atoms with Gasteiger partial charge in [-0.25, -0.2) is 4.79 Å². The normalized spacial score (nSPS) is 49.9. The van der Waals surface area contributed by atoms with E-state index in [4.69, 9.17) is 9.47 Å². The molecule has 5 rings (SSSR count). The number of aldehydes is 1. The topological polar surface area (TPSA) is 110 Å². The minimum atomic E-state index is -1.22. The van der Waals surface area contributed by atoms with Crippen molar-refractivity contribution in [3.63, 3.8) is 0 Å². The number of carbonyl (C=O) groups excluding carboxylic acids is 3. The molecule has 7 heteroatoms. The van der Waals surface area contributed by atoms with Gasteiger partial charge in [-0.2, -0.15) is 0 Å². The largest absolute Gasteiger partial charge is 0.462 e. The van der Waals surface area contributed by atoms with Crippen LogP contribution in [0.3, 0.4) is 0 Å². The molecule has 0 aromatic heterocycles. The van der Waals surface area contributed by atoms with Crippen LogP contribution in [0.5, 0.6) is 0 Å². The highest BCUT2D eigenvalue weighted by Gasteiger charge is 2.70. The van der Waals surface area contributed by atoms with Crippen LogP contribution in [-0.2, 0) is 23.9 Å². The molecule has 32 heavy (non-hydrogen) atoms. The second-order valence-corrected chi connectivity index (χ2v) is 11.4. The molecule has 0 aromatic rings. The highest BCUT2D eigenvalue weighted by molar-refractivity contribution is 5.85. The fraction of sp³-hybridized carbons (Fsp3) is 0.800. The highest BCUT2D eigenvalue weighted by Crippen LogP contribution is 2.69. The Balaban J connectivity index is 1.45. The molecule has 0 aromatic carbocycles. The molecule has 176 valence electrons. The van der Waals surface area contributed by atoms with Gasteiger partial charge in [-0.3, -0.25) is 4.79 Å². The van der Waals surface area contributed by atoms with E-state index in [1.807, 2.05) is 0 Å². The molecule has 0 unspecified atom stereocenters. The number of aliphatic hydroxyl groups is 2. The van der Waals surface area contributed by atoms with E-state index in [0.29, 0.717) is 38.7 Å². The average molecular weight is 447 g/mol. The quantitative estimate of drug-likeness (QED) is 0.506. The molecule has 5 aliphatic rings. The fourth-order valence-electron chi connectivity index (χ4n) is 8.44. The predicted octanol–water partition coefficient (Wildman–Crippen LogP) is 2.47. The number of hydrogen-bond acceptors (Lipinski definition) is 7. The Morgan fingerprint density at radius 2 is 1.88 bits per heavy atom. The van der Waals surface area contributed by atoms with Gasteiger partial charge < -0.3 is 24.5 Å². The Bertz CT molecular complexity index is 882. The van der Waals surface area contributed by atoms with Crippen molar-refractivity contribution in [2.75, 3.05) is 6.61 Å². The third kappa shape index (κ3) is 2.89. The van der Waals surface area contributed by atoms with Crippen LogP contribution in [0.4, 0.5) is 0 Å². The van der Waals surface area contributed by atoms with Crippen molar-refractivity contribution in [2.24, 2.45) is 28.6 Å². The van der Waals surface area contributed by atoms with E-state index in [1.54, 1.807) is 6.08 Å². The van der Waals surface area contributed by atoms with Crippen LogP contribution in [0.25, 0.3) is 0 Å². The Hall–Kier alpha value is -1.73. The number of hydrogen-bond donors (Lipinski definition) is 2. The van der Waals surface area contributed by atoms with Gasteiger partial charge in [-0.1, -0.05) is 6.92 Å². The highest BCUT2D eigenvalue weighted by atomic mass is 16.5. The first kappa shape index (κ1) is 22.1. The molecule has 0 saturated heterocycles. The summed E-state index contributed by atoms with van der Waals surface area (Å²) >= 11 is 0. The molecule has 2 N–H and O–H groups in total. The number of esters is 2. The van der Waals surface area contributed by atoms with E-state index in [9.17, 15) is 24.6 Å². The molecular weight excluding hydrogens is 412 g/mol. The lowest BCUT2D eigenvalue weighted by Crippen LogP contribution is -2.68. The summed E-state index contributed by atoms with van der Waals surface area (Å²) in [4.78, 5) is 35.8. The average Bonchev–Trinajstić information content (AvgIpc) is 3.27. The standard InChI is InChI=1S/C25H34O7/c1-15(27)32-18-3-7-23(14-26)19-4-6-22(2)10-17(16-9-21(28)31-13-16)11-25(22,30)20(19)5-8-24(23,29)12-18/h9,14,17-20,29-30H,3-8,10-13H2,1-2H3/t17-,18-,19-,20+,22+,23-,24+,25+/m0/s1. The fourth-order valence-corrected chi connectivity index (χ4v) is 8.44. The van der Waals surface area contributed by atoms with Crippen molar-refractivity contribution >= 4 is 18.2 Å². The van der Waals surface area contributed by atoms with Crippen molar-refractivity contribution in [3.05, 3.63) is 11.6 Å². The molecule has 0 spiro atoms. The molecule has 8 atom stereocenters. The van der Waals surface area contributed by atoms with E-state index in [-0.39, 0.29) is 47.6 Å². The first-order chi connectivity index (χ1) is 15.1. The first-order valence-electron chi connectivity index (χ1n) is 12.0. The second-order valence-electron chi connectivity index (χ2n) is 11.4. The van der Waals surface area contributed by atoms with Crippen molar-refractivity contribution in [3.8, 4) is 0 Å². The molecular formula is C25H34O7. The van der Waals surface area contributed by atoms with Crippen molar-refractivity contribution in [2.45, 2.75) is 88.9 Å². The third-order valence-corrected chi connectivity index (χ3v) is 10.00. The summed E-state index contributed by atoms with van der Waals surface area (Å²) in [5.41, 5.74) is -2.41. The summed E-state index contributed by atoms with van der Waals surface area (Å²) in [5, 5.41) is 23.9. The van der Waals surface area contributed by atoms with E-state index < -0.39 is 16.6 Å². The zero-order chi connectivity index (χ0) is 22.9. The van der Waals surface area contributed by atoms with Gasteiger partial charge in [0.05, 0.1) is 16.6 Å². The first-order valence-corrected chi connectivity index (χ1v) is 12.0. The zero-order valence-corrected chi connectivity index (χ0v) is 19.0. The number of carbonyl (C=O) groups is 3. The molecule has 4 aliphatic carbocycles. The van der Waals surface area contributed by atoms with Crippen LogP contribution in [0.2, 0.25) is 0 Å². The van der Waals surface area contributed by atoms with Crippen LogP contribution >= 0.6 is 0 Å². The van der Waals surface area contributed by atoms with E-state index in [2.05, 4.69) is 6.92 Å². The number of ether oxygens (including phenoxy) is 2. The number of fused-ring (bicyclic) bond motifs is 5. The van der Waals surface area contributed by atoms with E-state index in [0.717, 1.165) is 31.1 Å². The molecule has 4 fully saturated rings. The molecule has 0 amide bonds. The van der Waals surface area contributed by atoms with E-state index >= 15 is 0 Å². The summed E-state index contributed by atoms with van der Waals surface area (Å²) in [6, 6.07) is 0. The van der Waals surface area contributed by atoms with Crippen LogP contribution in [-0.4, -0.2) is 52.4 Å². The van der Waals surface area contributed by atoms with Gasteiger partial charge in [-0.15, -0.1) is 0 Å². The summed E-state index contributed by atoms with van der Waals surface area (Å²) in [5.74, 6) is -0.765. The Labute approximate surface area is 188 Å². The molecule has 0 radical (unpaired) electrons. The van der Waals surface area contributed by atoms with Gasteiger partial charge in [0.2, 0.25) is 0 Å². The summed E-state index contributed by atoms with van der Waals surface area (Å²) in [6.07, 6.45) is 7.44. The van der Waals surface area contributed by atoms with Gasteiger partial charge in [0.1, 0.15) is 19.0 Å². The molecule has 0 bridgehead atoms. The van der Waals surface area contributed by atoms with Crippen LogP contribution in [0, 0.1) is 28.6 Å². The maximum absolute atomic E-state index is 12.7. The second kappa shape index (κ2) is 7.13. The van der Waals surface area contributed by atoms with Gasteiger partial charge in [0, 0.05) is 19.4 Å². The Kier molecular flexibility index (Phi) is 4.92. The lowest BCUT2D eigenvalue weighted by atomic mass is 9.42. The van der Waals surface area contributed by atoms with Crippen LogP contribution in [0.15, 0.2) is 11.6 Å². The van der Waals surface area contributed by atoms with Crippen molar-refractivity contribution in [1.29, 1.82) is 0 Å². The maximum atomic E-state index is 12.7. The van der Waals surface area contributed by atoms with Crippen molar-refractivity contribution < 1.29 is 34.1 Å². The minimum Gasteiger partial charge on any atom is -0.462 e. The molecule has 7 nitrogen and oxygen atoms in total. The predicted molar refractivity (Wildman–Crippen MR) is 113 cm³/mol. The number of rotatable bonds is 3. The molecule has 4 saturated carbocycles. The summed E-state index contributed by atoms with van der Waals surface area (Å²) < 4.78 is 10.5. The lowest BCUT2D eigenvalue weighted by molar-refractivity contribution is -0.247. The third-order valence-electron chi connectivity index (χ3n) is 10.00. The maximum Gasteiger partial charge on any atom is 0.331 e. The van der Waals surface area contributed by atoms with Crippen molar-refractivity contribution in [1.82, 2.24) is 0 Å². The Morgan fingerprint density at radius 3 is 2.53 bits per heavy atom. The molecule has 1 heterocycles. The smallest absolute Gasteiger partial charge is 0.331 e. The SMILES string of the molecule is CC(=O)O[C@H]1CC[C@]2(C=O)[C@H]3CC[C@]4(C)C[C@H](C5=CC(=O)OC5)C[C@@]4(O)[C@@H]3CC[C@@]2(O)C1. The van der Waals surface area contributed by atoms with Gasteiger partial charge in [-0.05, 0) is 80.1 Å². The van der Waals surface area contributed by atoms with Gasteiger partial charge >= 0.3 is 11.9 Å². The lowest BCUT2D eigenvalue weighted by Gasteiger charge is -2.64. The van der Waals surface area contributed by atoms with Crippen LogP contribution in [0.1, 0.15) is 71.6 Å². The van der Waals surface area contributed by atoms with Gasteiger partial charge in [0.25, 0.3) is 0 Å². The Morgan fingerprint density at radius 1 is 1.12 bits per heavy atom. The monoisotopic (exact) mass is 446 g/mol. The zero-order valence-electron chi connectivity index (χ0n) is 19.0. The minimum absolute atomic E-state index is 0.0828.